The van der Waals surface area contributed by atoms with E-state index in [1.54, 1.807) is 33.5 Å². The highest BCUT2D eigenvalue weighted by atomic mass is 32.1. The fourth-order valence-electron chi connectivity index (χ4n) is 4.86. The number of nitrogens with zero attached hydrogens (tertiary/aromatic N) is 2. The maximum atomic E-state index is 14.1. The van der Waals surface area contributed by atoms with Crippen molar-refractivity contribution in [1.29, 1.82) is 0 Å². The van der Waals surface area contributed by atoms with E-state index in [9.17, 15) is 9.59 Å². The van der Waals surface area contributed by atoms with Gasteiger partial charge in [-0.1, -0.05) is 31.4 Å². The molecule has 9 nitrogen and oxygen atoms in total. The summed E-state index contributed by atoms with van der Waals surface area (Å²) in [6.07, 6.45) is 5.19. The minimum atomic E-state index is -0.883. The van der Waals surface area contributed by atoms with E-state index in [0.29, 0.717) is 22.8 Å². The summed E-state index contributed by atoms with van der Waals surface area (Å²) in [4.78, 5) is 29.7. The number of anilines is 1. The first-order valence-corrected chi connectivity index (χ1v) is 13.9. The third-order valence-electron chi connectivity index (χ3n) is 7.03. The Bertz CT molecular complexity index is 1240. The number of aromatic nitrogens is 1. The standard InChI is InChI=1S/C29H36N4O5S/c1-36-18-17-33(29(35)27-24(30)25(32-39-27)19-9-13-22(37-2)14-10-19)26(20-11-15-23(38-3)16-12-20)28(34)31-21-7-5-4-6-8-21/h9-16,21,26H,4-8,17-18,30H2,1-3H3,(H,31,34)/t26-/m1/s1. The second-order valence-corrected chi connectivity index (χ2v) is 10.3. The van der Waals surface area contributed by atoms with Crippen molar-refractivity contribution in [3.63, 3.8) is 0 Å². The van der Waals surface area contributed by atoms with Gasteiger partial charge in [0.2, 0.25) is 5.91 Å². The first-order valence-electron chi connectivity index (χ1n) is 13.1. The molecule has 208 valence electrons. The zero-order valence-electron chi connectivity index (χ0n) is 22.6. The van der Waals surface area contributed by atoms with Crippen LogP contribution in [0.2, 0.25) is 0 Å². The van der Waals surface area contributed by atoms with Gasteiger partial charge in [0.1, 0.15) is 28.1 Å². The third kappa shape index (κ3) is 6.69. The quantitative estimate of drug-likeness (QED) is 0.355. The Hall–Kier alpha value is -3.63. The molecule has 1 saturated carbocycles. The normalized spacial score (nSPS) is 14.4. The van der Waals surface area contributed by atoms with Crippen LogP contribution in [0.25, 0.3) is 11.3 Å². The van der Waals surface area contributed by atoms with Gasteiger partial charge in [0.25, 0.3) is 5.91 Å². The van der Waals surface area contributed by atoms with Crippen LogP contribution in [-0.2, 0) is 9.53 Å². The fourth-order valence-corrected chi connectivity index (χ4v) is 5.64. The molecule has 1 heterocycles. The minimum absolute atomic E-state index is 0.0847. The predicted octanol–water partition coefficient (Wildman–Crippen LogP) is 4.69. The average Bonchev–Trinajstić information content (AvgIpc) is 3.36. The lowest BCUT2D eigenvalue weighted by Gasteiger charge is -2.33. The zero-order valence-corrected chi connectivity index (χ0v) is 23.5. The number of nitrogens with two attached hydrogens (primary N) is 1. The summed E-state index contributed by atoms with van der Waals surface area (Å²) < 4.78 is 20.4. The molecular formula is C29H36N4O5S. The van der Waals surface area contributed by atoms with Gasteiger partial charge in [-0.25, -0.2) is 0 Å². The smallest absolute Gasteiger partial charge is 0.268 e. The molecule has 3 N–H and O–H groups in total. The molecule has 0 saturated heterocycles. The van der Waals surface area contributed by atoms with E-state index in [1.165, 1.54) is 11.3 Å². The van der Waals surface area contributed by atoms with E-state index >= 15 is 0 Å². The number of amides is 2. The average molecular weight is 553 g/mol. The van der Waals surface area contributed by atoms with E-state index in [1.807, 2.05) is 36.4 Å². The molecule has 0 spiro atoms. The lowest BCUT2D eigenvalue weighted by atomic mass is 9.94. The summed E-state index contributed by atoms with van der Waals surface area (Å²) >= 11 is 1.03. The third-order valence-corrected chi connectivity index (χ3v) is 7.88. The highest BCUT2D eigenvalue weighted by Gasteiger charge is 2.35. The van der Waals surface area contributed by atoms with E-state index in [4.69, 9.17) is 19.9 Å². The van der Waals surface area contributed by atoms with Crippen molar-refractivity contribution in [2.24, 2.45) is 0 Å². The van der Waals surface area contributed by atoms with Crippen molar-refractivity contribution >= 4 is 29.0 Å². The fraction of sp³-hybridized carbons (Fsp3) is 0.414. The molecule has 1 atom stereocenters. The van der Waals surface area contributed by atoms with E-state index < -0.39 is 6.04 Å². The molecule has 0 radical (unpaired) electrons. The molecule has 10 heteroatoms. The first-order chi connectivity index (χ1) is 19.0. The van der Waals surface area contributed by atoms with Crippen molar-refractivity contribution in [2.75, 3.05) is 40.2 Å². The first kappa shape index (κ1) is 28.4. The lowest BCUT2D eigenvalue weighted by molar-refractivity contribution is -0.127. The Morgan fingerprint density at radius 1 is 1.00 bits per heavy atom. The molecular weight excluding hydrogens is 516 g/mol. The minimum Gasteiger partial charge on any atom is -0.497 e. The number of benzene rings is 2. The van der Waals surface area contributed by atoms with Crippen LogP contribution in [0.4, 0.5) is 5.69 Å². The van der Waals surface area contributed by atoms with Gasteiger partial charge in [0.15, 0.2) is 0 Å². The molecule has 1 fully saturated rings. The number of hydrogen-bond acceptors (Lipinski definition) is 8. The van der Waals surface area contributed by atoms with Crippen LogP contribution in [0.5, 0.6) is 11.5 Å². The van der Waals surface area contributed by atoms with Crippen molar-refractivity contribution < 1.29 is 23.8 Å². The maximum Gasteiger partial charge on any atom is 0.268 e. The van der Waals surface area contributed by atoms with Crippen molar-refractivity contribution in [2.45, 2.75) is 44.2 Å². The Kier molecular flexibility index (Phi) is 9.78. The van der Waals surface area contributed by atoms with Gasteiger partial charge in [0.05, 0.1) is 26.5 Å². The molecule has 3 aromatic rings. The molecule has 2 amide bonds. The number of ether oxygens (including phenoxy) is 3. The lowest BCUT2D eigenvalue weighted by Crippen LogP contribution is -2.48. The van der Waals surface area contributed by atoms with Gasteiger partial charge >= 0.3 is 0 Å². The Morgan fingerprint density at radius 3 is 2.21 bits per heavy atom. The van der Waals surface area contributed by atoms with Crippen LogP contribution in [0.3, 0.4) is 0 Å². The second-order valence-electron chi connectivity index (χ2n) is 9.51. The second kappa shape index (κ2) is 13.4. The highest BCUT2D eigenvalue weighted by molar-refractivity contribution is 7.09. The monoisotopic (exact) mass is 552 g/mol. The van der Waals surface area contributed by atoms with Crippen LogP contribution in [0.1, 0.15) is 53.4 Å². The van der Waals surface area contributed by atoms with E-state index in [-0.39, 0.29) is 41.6 Å². The summed E-state index contributed by atoms with van der Waals surface area (Å²) in [5, 5.41) is 3.21. The summed E-state index contributed by atoms with van der Waals surface area (Å²) in [5.74, 6) is 0.771. The molecule has 1 aliphatic rings. The van der Waals surface area contributed by atoms with Gasteiger partial charge in [-0.05, 0) is 66.3 Å². The number of carbonyl (C=O) groups is 2. The van der Waals surface area contributed by atoms with Gasteiger partial charge in [0, 0.05) is 25.3 Å². The van der Waals surface area contributed by atoms with Crippen molar-refractivity contribution in [1.82, 2.24) is 14.6 Å². The SMILES string of the molecule is COCCN(C(=O)c1snc(-c2ccc(OC)cc2)c1N)[C@@H](C(=O)NC1CCCCC1)c1ccc(OC)cc1. The number of rotatable bonds is 11. The molecule has 0 bridgehead atoms. The Balaban J connectivity index is 1.69. The number of nitrogens with one attached hydrogen (secondary N) is 1. The van der Waals surface area contributed by atoms with Gasteiger partial charge in [-0.15, -0.1) is 0 Å². The molecule has 39 heavy (non-hydrogen) atoms. The van der Waals surface area contributed by atoms with Crippen LogP contribution < -0.4 is 20.5 Å². The zero-order chi connectivity index (χ0) is 27.8. The van der Waals surface area contributed by atoms with Crippen LogP contribution in [-0.4, -0.2) is 61.6 Å². The molecule has 4 rings (SSSR count). The van der Waals surface area contributed by atoms with Gasteiger partial charge in [-0.3, -0.25) is 9.59 Å². The van der Waals surface area contributed by atoms with Gasteiger partial charge in [-0.2, -0.15) is 4.37 Å². The van der Waals surface area contributed by atoms with E-state index in [0.717, 1.165) is 42.8 Å². The molecule has 1 aromatic heterocycles. The number of hydrogen-bond donors (Lipinski definition) is 2. The molecule has 0 unspecified atom stereocenters. The molecule has 1 aliphatic carbocycles. The number of nitrogen functional groups attached to an aromatic ring is 1. The number of methoxy groups -OCH3 is 3. The molecule has 0 aliphatic heterocycles. The van der Waals surface area contributed by atoms with E-state index in [2.05, 4.69) is 9.69 Å². The van der Waals surface area contributed by atoms with Crippen molar-refractivity contribution in [3.05, 3.63) is 59.0 Å². The topological polar surface area (TPSA) is 116 Å². The predicted molar refractivity (Wildman–Crippen MR) is 152 cm³/mol. The van der Waals surface area contributed by atoms with Crippen LogP contribution >= 0.6 is 11.5 Å². The molecule has 2 aromatic carbocycles. The summed E-state index contributed by atoms with van der Waals surface area (Å²) in [7, 11) is 4.75. The Morgan fingerprint density at radius 2 is 1.62 bits per heavy atom. The summed E-state index contributed by atoms with van der Waals surface area (Å²) in [5.41, 5.74) is 8.74. The maximum absolute atomic E-state index is 14.1. The summed E-state index contributed by atoms with van der Waals surface area (Å²) in [6.45, 7) is 0.443. The van der Waals surface area contributed by atoms with Gasteiger partial charge < -0.3 is 30.2 Å². The highest BCUT2D eigenvalue weighted by Crippen LogP contribution is 2.35. The van der Waals surface area contributed by atoms with Crippen molar-refractivity contribution in [3.8, 4) is 22.8 Å². The number of carbonyl (C=O) groups excluding carboxylic acids is 2. The van der Waals surface area contributed by atoms with Crippen LogP contribution in [0, 0.1) is 0 Å². The van der Waals surface area contributed by atoms with Crippen LogP contribution in [0.15, 0.2) is 48.5 Å². The Labute approximate surface area is 233 Å². The summed E-state index contributed by atoms with van der Waals surface area (Å²) in [6, 6.07) is 13.7. The largest absolute Gasteiger partial charge is 0.497 e.